The molecule has 2 heterocycles. The molecule has 4 N–H and O–H groups in total. The molecule has 1 aliphatic heterocycles. The zero-order chi connectivity index (χ0) is 14.6. The largest absolute Gasteiger partial charge is 0.451 e. The lowest BCUT2D eigenvalue weighted by atomic mass is 10.0. The van der Waals surface area contributed by atoms with Crippen molar-refractivity contribution in [2.75, 3.05) is 30.5 Å². The summed E-state index contributed by atoms with van der Waals surface area (Å²) in [5.74, 6) is 4.15. The van der Waals surface area contributed by atoms with Crippen molar-refractivity contribution in [2.45, 2.75) is 19.0 Å². The van der Waals surface area contributed by atoms with Gasteiger partial charge in [0.1, 0.15) is 11.6 Å². The molecule has 6 nitrogen and oxygen atoms in total. The van der Waals surface area contributed by atoms with Gasteiger partial charge >= 0.3 is 6.18 Å². The summed E-state index contributed by atoms with van der Waals surface area (Å²) in [5, 5.41) is 2.87. The first-order chi connectivity index (χ1) is 9.49. The summed E-state index contributed by atoms with van der Waals surface area (Å²) >= 11 is 0. The van der Waals surface area contributed by atoms with E-state index in [0.29, 0.717) is 13.2 Å². The van der Waals surface area contributed by atoms with Crippen molar-refractivity contribution in [1.82, 2.24) is 9.97 Å². The first-order valence-electron chi connectivity index (χ1n) is 6.23. The van der Waals surface area contributed by atoms with Crippen LogP contribution in [0.3, 0.4) is 0 Å². The molecule has 20 heavy (non-hydrogen) atoms. The third-order valence-electron chi connectivity index (χ3n) is 2.95. The molecule has 1 aromatic heterocycles. The van der Waals surface area contributed by atoms with E-state index >= 15 is 0 Å². The highest BCUT2D eigenvalue weighted by atomic mass is 19.4. The zero-order valence-corrected chi connectivity index (χ0v) is 10.7. The molecule has 1 saturated heterocycles. The normalized spacial score (nSPS) is 19.7. The van der Waals surface area contributed by atoms with Crippen LogP contribution in [0, 0.1) is 5.92 Å². The minimum absolute atomic E-state index is 0.0882. The Morgan fingerprint density at radius 1 is 1.35 bits per heavy atom. The van der Waals surface area contributed by atoms with Crippen molar-refractivity contribution in [3.63, 3.8) is 0 Å². The fourth-order valence-electron chi connectivity index (χ4n) is 1.96. The van der Waals surface area contributed by atoms with Gasteiger partial charge in [0.05, 0.1) is 6.61 Å². The van der Waals surface area contributed by atoms with Gasteiger partial charge in [0.2, 0.25) is 5.82 Å². The summed E-state index contributed by atoms with van der Waals surface area (Å²) in [4.78, 5) is 6.73. The van der Waals surface area contributed by atoms with Gasteiger partial charge in [-0.15, -0.1) is 0 Å². The van der Waals surface area contributed by atoms with Crippen molar-refractivity contribution >= 4 is 11.6 Å². The molecule has 112 valence electrons. The van der Waals surface area contributed by atoms with Gasteiger partial charge in [-0.2, -0.15) is 13.2 Å². The van der Waals surface area contributed by atoms with Crippen LogP contribution in [-0.4, -0.2) is 29.7 Å². The number of nitrogen functional groups attached to an aromatic ring is 1. The molecule has 0 radical (unpaired) electrons. The van der Waals surface area contributed by atoms with Gasteiger partial charge in [-0.1, -0.05) is 0 Å². The molecule has 9 heteroatoms. The van der Waals surface area contributed by atoms with Crippen molar-refractivity contribution in [1.29, 1.82) is 0 Å². The molecule has 0 aliphatic carbocycles. The Labute approximate surface area is 113 Å². The maximum atomic E-state index is 12.6. The molecule has 0 bridgehead atoms. The summed E-state index contributed by atoms with van der Waals surface area (Å²) in [6.45, 7) is 1.84. The number of hydrogen-bond donors (Lipinski definition) is 3. The van der Waals surface area contributed by atoms with Crippen LogP contribution in [0.5, 0.6) is 0 Å². The number of hydrogen-bond acceptors (Lipinski definition) is 6. The quantitative estimate of drug-likeness (QED) is 0.577. The van der Waals surface area contributed by atoms with E-state index < -0.39 is 12.0 Å². The highest BCUT2D eigenvalue weighted by Crippen LogP contribution is 2.28. The van der Waals surface area contributed by atoms with E-state index in [1.165, 1.54) is 6.07 Å². The Bertz CT molecular complexity index is 448. The van der Waals surface area contributed by atoms with Crippen LogP contribution in [-0.2, 0) is 10.9 Å². The third kappa shape index (κ3) is 3.94. The Balaban J connectivity index is 2.06. The lowest BCUT2D eigenvalue weighted by Gasteiger charge is -2.22. The average molecular weight is 291 g/mol. The SMILES string of the molecule is NNc1cc(NCC2CCCOC2)nc(C(F)(F)F)n1. The molecule has 1 aliphatic rings. The molecule has 1 aromatic rings. The minimum Gasteiger partial charge on any atom is -0.381 e. The number of aromatic nitrogens is 2. The number of nitrogens with two attached hydrogens (primary N) is 1. The lowest BCUT2D eigenvalue weighted by molar-refractivity contribution is -0.144. The second-order valence-corrected chi connectivity index (χ2v) is 4.57. The molecule has 0 spiro atoms. The van der Waals surface area contributed by atoms with Crippen molar-refractivity contribution < 1.29 is 17.9 Å². The van der Waals surface area contributed by atoms with Gasteiger partial charge in [0, 0.05) is 19.2 Å². The van der Waals surface area contributed by atoms with Crippen LogP contribution >= 0.6 is 0 Å². The molecule has 0 saturated carbocycles. The van der Waals surface area contributed by atoms with E-state index in [9.17, 15) is 13.2 Å². The van der Waals surface area contributed by atoms with Crippen LogP contribution in [0.4, 0.5) is 24.8 Å². The number of anilines is 2. The van der Waals surface area contributed by atoms with E-state index in [1.807, 2.05) is 0 Å². The first kappa shape index (κ1) is 14.8. The van der Waals surface area contributed by atoms with Crippen LogP contribution in [0.15, 0.2) is 6.07 Å². The Hall–Kier alpha value is -1.61. The van der Waals surface area contributed by atoms with Crippen molar-refractivity contribution in [3.8, 4) is 0 Å². The predicted octanol–water partition coefficient (Wildman–Crippen LogP) is 1.62. The van der Waals surface area contributed by atoms with Crippen molar-refractivity contribution in [2.24, 2.45) is 11.8 Å². The van der Waals surface area contributed by atoms with Crippen molar-refractivity contribution in [3.05, 3.63) is 11.9 Å². The maximum absolute atomic E-state index is 12.6. The highest BCUT2D eigenvalue weighted by Gasteiger charge is 2.35. The fourth-order valence-corrected chi connectivity index (χ4v) is 1.96. The fraction of sp³-hybridized carbons (Fsp3) is 0.636. The number of ether oxygens (including phenoxy) is 1. The standard InChI is InChI=1S/C11H16F3N5O/c12-11(13,14)10-17-8(4-9(18-10)19-15)16-5-7-2-1-3-20-6-7/h4,7H,1-3,5-6,15H2,(H2,16,17,18,19). The molecule has 0 aromatic carbocycles. The van der Waals surface area contributed by atoms with Gasteiger partial charge in [-0.05, 0) is 18.8 Å². The minimum atomic E-state index is -4.61. The van der Waals surface area contributed by atoms with E-state index in [4.69, 9.17) is 10.6 Å². The van der Waals surface area contributed by atoms with E-state index in [-0.39, 0.29) is 17.6 Å². The monoisotopic (exact) mass is 291 g/mol. The number of nitrogens with one attached hydrogen (secondary N) is 2. The Kier molecular flexibility index (Phi) is 4.61. The summed E-state index contributed by atoms with van der Waals surface area (Å²) in [5.41, 5.74) is 2.10. The smallest absolute Gasteiger partial charge is 0.381 e. The van der Waals surface area contributed by atoms with Crippen LogP contribution in [0.1, 0.15) is 18.7 Å². The first-order valence-corrected chi connectivity index (χ1v) is 6.23. The predicted molar refractivity (Wildman–Crippen MR) is 66.9 cm³/mol. The number of rotatable bonds is 4. The molecule has 1 fully saturated rings. The van der Waals surface area contributed by atoms with Gasteiger partial charge in [-0.3, -0.25) is 0 Å². The summed E-state index contributed by atoms with van der Waals surface area (Å²) in [6.07, 6.45) is -2.68. The zero-order valence-electron chi connectivity index (χ0n) is 10.7. The summed E-state index contributed by atoms with van der Waals surface area (Å²) < 4.78 is 43.2. The third-order valence-corrected chi connectivity index (χ3v) is 2.95. The molecular weight excluding hydrogens is 275 g/mol. The molecule has 1 unspecified atom stereocenters. The number of halogens is 3. The van der Waals surface area contributed by atoms with Crippen LogP contribution in [0.25, 0.3) is 0 Å². The second-order valence-electron chi connectivity index (χ2n) is 4.57. The molecule has 0 amide bonds. The topological polar surface area (TPSA) is 85.1 Å². The lowest BCUT2D eigenvalue weighted by Crippen LogP contribution is -2.25. The molecular formula is C11H16F3N5O. The van der Waals surface area contributed by atoms with Crippen LogP contribution < -0.4 is 16.6 Å². The maximum Gasteiger partial charge on any atom is 0.451 e. The van der Waals surface area contributed by atoms with E-state index in [2.05, 4.69) is 20.7 Å². The Morgan fingerprint density at radius 3 is 2.70 bits per heavy atom. The van der Waals surface area contributed by atoms with Crippen LogP contribution in [0.2, 0.25) is 0 Å². The summed E-state index contributed by atoms with van der Waals surface area (Å²) in [6, 6.07) is 1.33. The summed E-state index contributed by atoms with van der Waals surface area (Å²) in [7, 11) is 0. The van der Waals surface area contributed by atoms with Gasteiger partial charge in [-0.25, -0.2) is 15.8 Å². The number of alkyl halides is 3. The highest BCUT2D eigenvalue weighted by molar-refractivity contribution is 5.47. The van der Waals surface area contributed by atoms with Gasteiger partial charge in [0.25, 0.3) is 0 Å². The van der Waals surface area contributed by atoms with E-state index in [1.54, 1.807) is 0 Å². The van der Waals surface area contributed by atoms with Gasteiger partial charge in [0.15, 0.2) is 0 Å². The average Bonchev–Trinajstić information content (AvgIpc) is 2.45. The second kappa shape index (κ2) is 6.23. The Morgan fingerprint density at radius 2 is 2.10 bits per heavy atom. The molecule has 2 rings (SSSR count). The molecule has 1 atom stereocenters. The van der Waals surface area contributed by atoms with E-state index in [0.717, 1.165) is 19.4 Å². The number of hydrazine groups is 1. The van der Waals surface area contributed by atoms with Gasteiger partial charge < -0.3 is 15.5 Å². The number of nitrogens with zero attached hydrogens (tertiary/aromatic N) is 2.